The lowest BCUT2D eigenvalue weighted by molar-refractivity contribution is 0.341. The molecule has 0 amide bonds. The molecule has 13 heteroatoms. The second kappa shape index (κ2) is 53.1. The van der Waals surface area contributed by atoms with Crippen LogP contribution >= 0.6 is 0 Å². The maximum Gasteiger partial charge on any atom is 0.109 e. The molecular formula is C124H173N13. The van der Waals surface area contributed by atoms with E-state index < -0.39 is 0 Å². The summed E-state index contributed by atoms with van der Waals surface area (Å²) >= 11 is 0. The Morgan fingerprint density at radius 1 is 0.299 bits per heavy atom. The Bertz CT molecular complexity index is 5570. The zero-order chi connectivity index (χ0) is 97.4. The Morgan fingerprint density at radius 3 is 0.927 bits per heavy atom. The first-order chi connectivity index (χ1) is 66.5. The molecule has 13 nitrogen and oxygen atoms in total. The Labute approximate surface area is 828 Å². The summed E-state index contributed by atoms with van der Waals surface area (Å²) in [4.78, 5) is 48.0. The largest absolute Gasteiger partial charge is 0.370 e. The van der Waals surface area contributed by atoms with Crippen LogP contribution in [0.5, 0.6) is 0 Å². The minimum absolute atomic E-state index is 0.276. The van der Waals surface area contributed by atoms with Crippen LogP contribution in [0.15, 0.2) is 242 Å². The van der Waals surface area contributed by atoms with Crippen molar-refractivity contribution < 1.29 is 0 Å². The molecule has 734 valence electrons. The SMILES string of the molecule is CC[C@H](CC(C)C)N=c1c(C)c1N(C(C)C)C(C)C.CC[C@H](Cc1ccccc1)N=c1c(C)c1N(C1CCCCC1)C1CCCCC1.CC[C@H](Cc1ccccc1)N=c1c(C)c1N(CC)CC.CC[C@H](Cc1ccccc1)N=c1c(N(C)Cc2ccccc2)c1N(C)Cc1ccccc1.CC[C@H](Cc1ccccc1)N=c1c(N2CCCC2)c1N1CCCC1.Cc1c(C)c1=N[C@@H](C)c1ccccc1. The standard InChI is InChI=1S/C29H33N3.C26H38N2.C21H29N3.C18H26N2.C17H32N2.C13H15N/c1-4-26(20-23-14-8-5-9-15-23)30-27-28(31(2)21-24-16-10-6-11-17-24)29(27)32(3)22-25-18-12-7-13-19-25;1-3-22(19-21-13-7-4-8-14-21)27-25-20(2)26(25)28(23-15-9-5-10-16-23)24-17-11-6-12-18-24;1-2-18(16-17-10-4-3-5-11-17)22-19-20(23-12-6-7-13-23)21(19)24-14-8-9-15-24;1-5-16(13-15-11-9-8-10-12-15)19-17-14(4)18(17)20(6-2)7-3;1-9-15(10-11(2)3)18-16-14(8)17(16)19(12(4)5)13(6)7;1-9-10(2)13(9)14-11(3)12-7-5-4-6-8-12/h5-19,26H,4,20-22H2,1-3H3;4,7-8,13-14,22-24H,3,5-6,9-12,15-19H2,1-2H3;3-5,10-11,18H,2,6-9,12-16H2,1H3;8-12,16H,5-7,13H2,1-4H3;11-13,15H,9-10H2,1-8H3;4-8,11H,1-3H3/t26-;22-;18-;16-;15-;11-/m111110/s1. The molecule has 0 N–H and O–H groups in total. The zero-order valence-corrected chi connectivity index (χ0v) is 88.5. The van der Waals surface area contributed by atoms with Gasteiger partial charge in [0.1, 0.15) is 10.7 Å². The third-order valence-corrected chi connectivity index (χ3v) is 29.3. The van der Waals surface area contributed by atoms with Gasteiger partial charge in [-0.15, -0.1) is 0 Å². The van der Waals surface area contributed by atoms with E-state index in [4.69, 9.17) is 25.0 Å². The smallest absolute Gasteiger partial charge is 0.109 e. The van der Waals surface area contributed by atoms with Gasteiger partial charge in [-0.3, -0.25) is 30.0 Å². The third kappa shape index (κ3) is 30.8. The topological polar surface area (TPSA) is 96.8 Å². The summed E-state index contributed by atoms with van der Waals surface area (Å²) in [7, 11) is 4.36. The van der Waals surface area contributed by atoms with Crippen LogP contribution in [0.4, 0.5) is 39.8 Å². The van der Waals surface area contributed by atoms with E-state index in [2.05, 4.69) is 391 Å². The van der Waals surface area contributed by atoms with Crippen molar-refractivity contribution in [2.45, 2.75) is 359 Å². The molecule has 4 aliphatic rings. The maximum absolute atomic E-state index is 5.28. The van der Waals surface area contributed by atoms with Crippen LogP contribution < -0.4 is 66.4 Å². The summed E-state index contributed by atoms with van der Waals surface area (Å²) in [6.45, 7) is 51.2. The summed E-state index contributed by atoms with van der Waals surface area (Å²) in [5.41, 5.74) is 26.4. The highest BCUT2D eigenvalue weighted by molar-refractivity contribution is 5.86. The molecule has 4 fully saturated rings. The summed E-state index contributed by atoms with van der Waals surface area (Å²) in [6.07, 6.45) is 30.3. The van der Waals surface area contributed by atoms with Crippen molar-refractivity contribution in [3.63, 3.8) is 0 Å². The second-order valence-electron chi connectivity index (χ2n) is 41.0. The number of anilines is 7. The normalized spacial score (nSPS) is 16.0. The molecule has 2 saturated carbocycles. The lowest BCUT2D eigenvalue weighted by Gasteiger charge is -2.41. The monoisotopic (exact) mass is 1840 g/mol. The van der Waals surface area contributed by atoms with E-state index in [9.17, 15) is 0 Å². The van der Waals surface area contributed by atoms with Gasteiger partial charge in [0, 0.05) is 107 Å². The van der Waals surface area contributed by atoms with E-state index in [-0.39, 0.29) is 12.1 Å². The van der Waals surface area contributed by atoms with Crippen molar-refractivity contribution in [3.05, 3.63) is 311 Å². The first kappa shape index (κ1) is 105. The molecule has 0 radical (unpaired) electrons. The van der Waals surface area contributed by atoms with Gasteiger partial charge in [-0.2, -0.15) is 0 Å². The van der Waals surface area contributed by atoms with Crippen LogP contribution in [0, 0.1) is 40.5 Å². The van der Waals surface area contributed by atoms with Gasteiger partial charge < -0.3 is 34.3 Å². The van der Waals surface area contributed by atoms with Crippen molar-refractivity contribution >= 4 is 39.8 Å². The fraction of sp³-hybridized carbons (Fsp3) is 0.516. The maximum atomic E-state index is 5.28. The molecule has 2 saturated heterocycles. The van der Waals surface area contributed by atoms with Crippen LogP contribution in [0.1, 0.15) is 298 Å². The van der Waals surface area contributed by atoms with Gasteiger partial charge in [-0.25, -0.2) is 0 Å². The quantitative estimate of drug-likeness (QED) is 0.0379. The molecule has 0 unspecified atom stereocenters. The van der Waals surface area contributed by atoms with E-state index in [1.54, 1.807) is 5.69 Å². The predicted molar refractivity (Wildman–Crippen MR) is 588 cm³/mol. The molecule has 2 heterocycles. The predicted octanol–water partition coefficient (Wildman–Crippen LogP) is 26.4. The van der Waals surface area contributed by atoms with Crippen molar-refractivity contribution in [1.82, 2.24) is 0 Å². The molecule has 0 bridgehead atoms. The van der Waals surface area contributed by atoms with Crippen molar-refractivity contribution in [1.29, 1.82) is 0 Å². The van der Waals surface area contributed by atoms with Gasteiger partial charge in [0.15, 0.2) is 0 Å². The molecule has 13 aromatic carbocycles. The molecule has 2 aliphatic carbocycles. The average Bonchev–Trinajstić information content (AvgIpc) is 1.57. The van der Waals surface area contributed by atoms with Gasteiger partial charge >= 0.3 is 0 Å². The minimum Gasteiger partial charge on any atom is -0.370 e. The number of hydrogen-bond donors (Lipinski definition) is 0. The van der Waals surface area contributed by atoms with E-state index in [1.165, 1.54) is 256 Å². The fourth-order valence-corrected chi connectivity index (χ4v) is 21.0. The van der Waals surface area contributed by atoms with Crippen molar-refractivity contribution in [3.8, 4) is 0 Å². The highest BCUT2D eigenvalue weighted by atomic mass is 15.3. The lowest BCUT2D eigenvalue weighted by atomic mass is 9.88. The fourth-order valence-electron chi connectivity index (χ4n) is 21.0. The van der Waals surface area contributed by atoms with Crippen LogP contribution in [-0.2, 0) is 38.8 Å². The van der Waals surface area contributed by atoms with E-state index in [0.717, 1.165) is 102 Å². The van der Waals surface area contributed by atoms with Crippen LogP contribution in [-0.4, -0.2) is 108 Å². The Morgan fingerprint density at radius 2 is 0.599 bits per heavy atom. The van der Waals surface area contributed by atoms with Gasteiger partial charge in [-0.1, -0.05) is 299 Å². The van der Waals surface area contributed by atoms with Gasteiger partial charge in [-0.05, 0) is 255 Å². The second-order valence-corrected chi connectivity index (χ2v) is 41.0. The molecule has 2 aliphatic heterocycles. The highest BCUT2D eigenvalue weighted by Crippen LogP contribution is 2.41. The third-order valence-electron chi connectivity index (χ3n) is 29.3. The van der Waals surface area contributed by atoms with Crippen molar-refractivity contribution in [2.75, 3.05) is 87.7 Å². The summed E-state index contributed by atoms with van der Waals surface area (Å²) in [5, 5.41) is 7.64. The minimum atomic E-state index is 0.276. The highest BCUT2D eigenvalue weighted by Gasteiger charge is 2.38. The Hall–Kier alpha value is -10.4. The zero-order valence-electron chi connectivity index (χ0n) is 88.5. The summed E-state index contributed by atoms with van der Waals surface area (Å²) < 4.78 is 0. The first-order valence-electron chi connectivity index (χ1n) is 53.8. The molecule has 17 rings (SSSR count). The van der Waals surface area contributed by atoms with Crippen LogP contribution in [0.3, 0.4) is 0 Å². The van der Waals surface area contributed by atoms with E-state index in [1.807, 2.05) is 6.07 Å². The molecule has 0 spiro atoms. The lowest BCUT2D eigenvalue weighted by Crippen LogP contribution is -2.45. The molecule has 6 atom stereocenters. The van der Waals surface area contributed by atoms with E-state index in [0.29, 0.717) is 36.3 Å². The Balaban J connectivity index is 0.000000150. The Kier molecular flexibility index (Phi) is 40.9. The van der Waals surface area contributed by atoms with E-state index >= 15 is 0 Å². The van der Waals surface area contributed by atoms with Gasteiger partial charge in [0.2, 0.25) is 0 Å². The van der Waals surface area contributed by atoms with Crippen molar-refractivity contribution in [2.24, 2.45) is 35.9 Å². The molecule has 0 aromatic heterocycles. The number of benzene rings is 7. The molecule has 13 aromatic rings. The van der Waals surface area contributed by atoms with Crippen LogP contribution in [0.2, 0.25) is 0 Å². The summed E-state index contributed by atoms with van der Waals surface area (Å²) in [6, 6.07) is 79.7. The van der Waals surface area contributed by atoms with Gasteiger partial charge in [0.25, 0.3) is 0 Å². The first-order valence-corrected chi connectivity index (χ1v) is 53.8. The summed E-state index contributed by atoms with van der Waals surface area (Å²) in [5.74, 6) is 0.725. The van der Waals surface area contributed by atoms with Gasteiger partial charge in [0.05, 0.1) is 97.5 Å². The average molecular weight is 1850 g/mol. The van der Waals surface area contributed by atoms with Crippen LogP contribution in [0.25, 0.3) is 0 Å². The number of rotatable bonds is 39. The number of nitrogens with zero attached hydrogens (tertiary/aromatic N) is 13. The molecular weight excluding hydrogens is 1670 g/mol. The molecule has 137 heavy (non-hydrogen) atoms. The number of hydrogen-bond acceptors (Lipinski definition) is 13.